The zero-order valence-electron chi connectivity index (χ0n) is 11.0. The highest BCUT2D eigenvalue weighted by Gasteiger charge is 2.31. The number of carbonyl (C=O) groups excluding carboxylic acids is 1. The van der Waals surface area contributed by atoms with Crippen LogP contribution < -0.4 is 10.6 Å². The molecule has 1 aromatic carbocycles. The number of hydrogen-bond acceptors (Lipinski definition) is 5. The highest BCUT2D eigenvalue weighted by Crippen LogP contribution is 2.28. The van der Waals surface area contributed by atoms with Crippen molar-refractivity contribution in [3.05, 3.63) is 47.2 Å². The minimum Gasteiger partial charge on any atom is -0.463 e. The molecule has 2 unspecified atom stereocenters. The third kappa shape index (κ3) is 3.11. The lowest BCUT2D eigenvalue weighted by atomic mass is 9.96. The van der Waals surface area contributed by atoms with Gasteiger partial charge in [0, 0.05) is 5.70 Å². The van der Waals surface area contributed by atoms with Crippen molar-refractivity contribution in [3.8, 4) is 0 Å². The van der Waals surface area contributed by atoms with Gasteiger partial charge in [-0.3, -0.25) is 5.32 Å². The van der Waals surface area contributed by atoms with E-state index < -0.39 is 0 Å². The lowest BCUT2D eigenvalue weighted by Crippen LogP contribution is -2.46. The van der Waals surface area contributed by atoms with Crippen LogP contribution in [-0.2, 0) is 9.53 Å². The van der Waals surface area contributed by atoms with Crippen LogP contribution in [-0.4, -0.2) is 18.1 Å². The van der Waals surface area contributed by atoms with E-state index in [0.29, 0.717) is 12.2 Å². The van der Waals surface area contributed by atoms with Crippen molar-refractivity contribution in [1.29, 1.82) is 0 Å². The van der Waals surface area contributed by atoms with E-state index in [0.717, 1.165) is 11.3 Å². The van der Waals surface area contributed by atoms with Crippen molar-refractivity contribution in [1.82, 2.24) is 10.6 Å². The standard InChI is InChI=1S/C14H18N2O2S/c1-3-18-13(17)11-9(2)15-14(19)16-12(11)10-7-5-4-6-8-10/h4-8,12,14-16,19H,3H2,1-2H3. The van der Waals surface area contributed by atoms with Crippen LogP contribution >= 0.6 is 12.6 Å². The summed E-state index contributed by atoms with van der Waals surface area (Å²) >= 11 is 4.38. The van der Waals surface area contributed by atoms with Gasteiger partial charge in [0.05, 0.1) is 18.2 Å². The SMILES string of the molecule is CCOC(=O)C1=C(C)NC(S)NC1c1ccccc1. The molecule has 1 aliphatic heterocycles. The second kappa shape index (κ2) is 6.12. The van der Waals surface area contributed by atoms with Gasteiger partial charge in [-0.05, 0) is 19.4 Å². The van der Waals surface area contributed by atoms with E-state index in [1.54, 1.807) is 6.92 Å². The Balaban J connectivity index is 2.38. The maximum atomic E-state index is 12.1. The maximum absolute atomic E-state index is 12.1. The number of benzene rings is 1. The van der Waals surface area contributed by atoms with Gasteiger partial charge in [0.15, 0.2) is 0 Å². The molecule has 0 spiro atoms. The fraction of sp³-hybridized carbons (Fsp3) is 0.357. The first kappa shape index (κ1) is 14.0. The average molecular weight is 278 g/mol. The predicted molar refractivity (Wildman–Crippen MR) is 77.6 cm³/mol. The van der Waals surface area contributed by atoms with Crippen LogP contribution in [0.5, 0.6) is 0 Å². The number of nitrogens with one attached hydrogen (secondary N) is 2. The molecule has 2 rings (SSSR count). The first-order valence-corrected chi connectivity index (χ1v) is 6.78. The van der Waals surface area contributed by atoms with E-state index in [1.165, 1.54) is 0 Å². The van der Waals surface area contributed by atoms with Crippen LogP contribution in [0.25, 0.3) is 0 Å². The molecule has 0 aliphatic carbocycles. The summed E-state index contributed by atoms with van der Waals surface area (Å²) in [5, 5.41) is 6.35. The lowest BCUT2D eigenvalue weighted by Gasteiger charge is -2.32. The molecule has 5 heteroatoms. The second-order valence-electron chi connectivity index (χ2n) is 4.32. The Morgan fingerprint density at radius 2 is 2.05 bits per heavy atom. The van der Waals surface area contributed by atoms with Gasteiger partial charge in [-0.15, -0.1) is 12.6 Å². The fourth-order valence-corrected chi connectivity index (χ4v) is 2.51. The topological polar surface area (TPSA) is 50.4 Å². The fourth-order valence-electron chi connectivity index (χ4n) is 2.17. The molecule has 0 bridgehead atoms. The van der Waals surface area contributed by atoms with Gasteiger partial charge in [0.25, 0.3) is 0 Å². The van der Waals surface area contributed by atoms with Gasteiger partial charge < -0.3 is 10.1 Å². The number of hydrogen-bond donors (Lipinski definition) is 3. The van der Waals surface area contributed by atoms with Gasteiger partial charge in [-0.1, -0.05) is 30.3 Å². The molecule has 1 heterocycles. The Hall–Kier alpha value is -1.46. The Bertz CT molecular complexity index is 487. The molecule has 2 N–H and O–H groups in total. The Morgan fingerprint density at radius 1 is 1.37 bits per heavy atom. The maximum Gasteiger partial charge on any atom is 0.337 e. The summed E-state index contributed by atoms with van der Waals surface area (Å²) in [5.41, 5.74) is 2.23. The van der Waals surface area contributed by atoms with Crippen LogP contribution in [0.2, 0.25) is 0 Å². The van der Waals surface area contributed by atoms with Crippen molar-refractivity contribution in [2.45, 2.75) is 25.4 Å². The summed E-state index contributed by atoms with van der Waals surface area (Å²) in [7, 11) is 0. The highest BCUT2D eigenvalue weighted by atomic mass is 32.1. The van der Waals surface area contributed by atoms with E-state index >= 15 is 0 Å². The zero-order valence-corrected chi connectivity index (χ0v) is 11.9. The van der Waals surface area contributed by atoms with Crippen molar-refractivity contribution in [3.63, 3.8) is 0 Å². The van der Waals surface area contributed by atoms with Gasteiger partial charge >= 0.3 is 5.97 Å². The van der Waals surface area contributed by atoms with E-state index in [1.807, 2.05) is 37.3 Å². The Kier molecular flexibility index (Phi) is 4.50. The number of carbonyl (C=O) groups is 1. The van der Waals surface area contributed by atoms with E-state index in [4.69, 9.17) is 4.74 Å². The predicted octanol–water partition coefficient (Wildman–Crippen LogP) is 1.97. The smallest absolute Gasteiger partial charge is 0.337 e. The highest BCUT2D eigenvalue weighted by molar-refractivity contribution is 7.80. The number of esters is 1. The van der Waals surface area contributed by atoms with E-state index in [-0.39, 0.29) is 17.5 Å². The molecular formula is C14H18N2O2S. The number of rotatable bonds is 3. The summed E-state index contributed by atoms with van der Waals surface area (Å²) in [6, 6.07) is 9.61. The third-order valence-electron chi connectivity index (χ3n) is 3.00. The summed E-state index contributed by atoms with van der Waals surface area (Å²) in [6.07, 6.45) is 0. The molecule has 4 nitrogen and oxygen atoms in total. The van der Waals surface area contributed by atoms with Crippen molar-refractivity contribution < 1.29 is 9.53 Å². The minimum absolute atomic E-state index is 0.191. The lowest BCUT2D eigenvalue weighted by molar-refractivity contribution is -0.139. The molecule has 1 aromatic rings. The molecule has 0 fully saturated rings. The van der Waals surface area contributed by atoms with Crippen LogP contribution in [0, 0.1) is 0 Å². The zero-order chi connectivity index (χ0) is 13.8. The van der Waals surface area contributed by atoms with Crippen molar-refractivity contribution in [2.75, 3.05) is 6.61 Å². The largest absolute Gasteiger partial charge is 0.463 e. The first-order chi connectivity index (χ1) is 9.13. The molecule has 0 saturated carbocycles. The van der Waals surface area contributed by atoms with Crippen LogP contribution in [0.1, 0.15) is 25.5 Å². The van der Waals surface area contributed by atoms with Gasteiger partial charge in [0.2, 0.25) is 0 Å². The van der Waals surface area contributed by atoms with E-state index in [9.17, 15) is 4.79 Å². The molecular weight excluding hydrogens is 260 g/mol. The van der Waals surface area contributed by atoms with Crippen LogP contribution in [0.3, 0.4) is 0 Å². The number of ether oxygens (including phenoxy) is 1. The van der Waals surface area contributed by atoms with Gasteiger partial charge in [0.1, 0.15) is 5.50 Å². The Labute approximate surface area is 118 Å². The van der Waals surface area contributed by atoms with Gasteiger partial charge in [-0.25, -0.2) is 4.79 Å². The van der Waals surface area contributed by atoms with Crippen molar-refractivity contribution in [2.24, 2.45) is 0 Å². The Morgan fingerprint density at radius 3 is 2.68 bits per heavy atom. The molecule has 0 saturated heterocycles. The normalized spacial score (nSPS) is 22.9. The molecule has 102 valence electrons. The molecule has 0 aromatic heterocycles. The van der Waals surface area contributed by atoms with Crippen molar-refractivity contribution >= 4 is 18.6 Å². The molecule has 2 atom stereocenters. The average Bonchev–Trinajstić information content (AvgIpc) is 2.39. The molecule has 0 amide bonds. The van der Waals surface area contributed by atoms with Gasteiger partial charge in [-0.2, -0.15) is 0 Å². The second-order valence-corrected chi connectivity index (χ2v) is 4.83. The minimum atomic E-state index is -0.297. The summed E-state index contributed by atoms with van der Waals surface area (Å²) in [4.78, 5) is 12.1. The molecule has 0 radical (unpaired) electrons. The number of allylic oxidation sites excluding steroid dienone is 1. The first-order valence-electron chi connectivity index (χ1n) is 6.27. The molecule has 1 aliphatic rings. The van der Waals surface area contributed by atoms with Crippen LogP contribution in [0.15, 0.2) is 41.6 Å². The summed E-state index contributed by atoms with van der Waals surface area (Å²) in [6.45, 7) is 4.03. The third-order valence-corrected chi connectivity index (χ3v) is 3.28. The quantitative estimate of drug-likeness (QED) is 0.584. The van der Waals surface area contributed by atoms with Crippen LogP contribution in [0.4, 0.5) is 0 Å². The summed E-state index contributed by atoms with van der Waals surface area (Å²) < 4.78 is 5.14. The monoisotopic (exact) mass is 278 g/mol. The van der Waals surface area contributed by atoms with E-state index in [2.05, 4.69) is 23.3 Å². The molecule has 19 heavy (non-hydrogen) atoms. The summed E-state index contributed by atoms with van der Waals surface area (Å²) in [5.74, 6) is -0.297. The number of thiol groups is 1.